The molecule has 0 radical (unpaired) electrons. The molecule has 1 aliphatic heterocycles. The number of carbonyl (C=O) groups is 2. The van der Waals surface area contributed by atoms with Crippen LogP contribution >= 0.6 is 22.9 Å². The summed E-state index contributed by atoms with van der Waals surface area (Å²) in [6, 6.07) is 5.64. The number of aromatic nitrogens is 1. The van der Waals surface area contributed by atoms with E-state index in [2.05, 4.69) is 9.98 Å². The van der Waals surface area contributed by atoms with Gasteiger partial charge in [0.2, 0.25) is 0 Å². The highest BCUT2D eigenvalue weighted by molar-refractivity contribution is 7.13. The first-order valence-electron chi connectivity index (χ1n) is 11.8. The Balaban J connectivity index is 0.00000105. The van der Waals surface area contributed by atoms with E-state index >= 15 is 0 Å². The molecule has 1 fully saturated rings. The van der Waals surface area contributed by atoms with Gasteiger partial charge >= 0.3 is 6.09 Å². The minimum atomic E-state index is -1.25. The van der Waals surface area contributed by atoms with E-state index in [4.69, 9.17) is 22.1 Å². The second-order valence-corrected chi connectivity index (χ2v) is 10.2. The van der Waals surface area contributed by atoms with Crippen molar-refractivity contribution in [1.29, 1.82) is 0 Å². The van der Waals surface area contributed by atoms with Crippen LogP contribution in [0.5, 0.6) is 0 Å². The fraction of sp³-hybridized carbons (Fsp3) is 0.308. The Kier molecular flexibility index (Phi) is 8.58. The number of halogens is 3. The molecule has 0 unspecified atom stereocenters. The lowest BCUT2D eigenvalue weighted by atomic mass is 10.0. The molecule has 2 aromatic carbocycles. The molecule has 2 N–H and O–H groups in total. The molecule has 2 atom stereocenters. The maximum atomic E-state index is 13.8. The minimum Gasteiger partial charge on any atom is -0.447 e. The van der Waals surface area contributed by atoms with Gasteiger partial charge < -0.3 is 15.4 Å². The van der Waals surface area contributed by atoms with E-state index in [0.717, 1.165) is 17.0 Å². The van der Waals surface area contributed by atoms with Gasteiger partial charge in [0.25, 0.3) is 5.91 Å². The number of thiazole rings is 1. The summed E-state index contributed by atoms with van der Waals surface area (Å²) in [5, 5.41) is 2.89. The molecule has 1 aliphatic carbocycles. The van der Waals surface area contributed by atoms with Gasteiger partial charge in [-0.25, -0.2) is 23.6 Å². The minimum absolute atomic E-state index is 0.0153. The third-order valence-corrected chi connectivity index (χ3v) is 6.75. The fourth-order valence-corrected chi connectivity index (χ4v) is 4.56. The molecule has 1 aromatic heterocycles. The summed E-state index contributed by atoms with van der Waals surface area (Å²) in [5.74, 6) is -2.49. The van der Waals surface area contributed by atoms with Crippen molar-refractivity contribution in [2.75, 3.05) is 20.7 Å². The second-order valence-electron chi connectivity index (χ2n) is 8.93. The summed E-state index contributed by atoms with van der Waals surface area (Å²) >= 11 is 7.76. The van der Waals surface area contributed by atoms with Crippen LogP contribution in [0.4, 0.5) is 13.6 Å². The second kappa shape index (κ2) is 11.9. The topological polar surface area (TPSA) is 101 Å². The van der Waals surface area contributed by atoms with Crippen LogP contribution in [-0.4, -0.2) is 53.4 Å². The number of nitrogens with zero attached hydrogens (tertiary/aromatic N) is 4. The van der Waals surface area contributed by atoms with Crippen LogP contribution in [0.15, 0.2) is 53.0 Å². The number of amides is 2. The number of guanidine groups is 1. The van der Waals surface area contributed by atoms with Crippen LogP contribution in [-0.2, 0) is 9.53 Å². The first-order valence-corrected chi connectivity index (χ1v) is 13.1. The maximum absolute atomic E-state index is 13.8. The van der Waals surface area contributed by atoms with Crippen LogP contribution in [0.2, 0.25) is 5.02 Å². The summed E-state index contributed by atoms with van der Waals surface area (Å²) in [4.78, 5) is 36.4. The van der Waals surface area contributed by atoms with Gasteiger partial charge in [0, 0.05) is 37.3 Å². The van der Waals surface area contributed by atoms with E-state index in [1.54, 1.807) is 29.8 Å². The largest absolute Gasteiger partial charge is 0.447 e. The zero-order valence-corrected chi connectivity index (χ0v) is 22.3. The van der Waals surface area contributed by atoms with Crippen molar-refractivity contribution in [3.05, 3.63) is 75.8 Å². The monoisotopic (exact) mass is 561 g/mol. The van der Waals surface area contributed by atoms with Crippen molar-refractivity contribution in [3.8, 4) is 10.6 Å². The molecule has 0 spiro atoms. The number of benzene rings is 2. The molecule has 38 heavy (non-hydrogen) atoms. The molecule has 3 aromatic rings. The SMILES string of the molecule is C1CC1.CN(C)C(=O)OC[C@H](c1ccc(Cl)c(-c2nccs2)c1)N1C(=O)[C@@H](c2cc(F)cc(F)c2)N=C1N. The van der Waals surface area contributed by atoms with Crippen molar-refractivity contribution in [1.82, 2.24) is 14.8 Å². The Morgan fingerprint density at radius 3 is 2.47 bits per heavy atom. The predicted molar refractivity (Wildman–Crippen MR) is 142 cm³/mol. The summed E-state index contributed by atoms with van der Waals surface area (Å²) in [6.45, 7) is -0.262. The smallest absolute Gasteiger partial charge is 0.409 e. The average molecular weight is 562 g/mol. The lowest BCUT2D eigenvalue weighted by Crippen LogP contribution is -2.43. The Hall–Kier alpha value is -3.57. The summed E-state index contributed by atoms with van der Waals surface area (Å²) in [5.41, 5.74) is 7.30. The number of carbonyl (C=O) groups excluding carboxylic acids is 2. The van der Waals surface area contributed by atoms with Crippen molar-refractivity contribution in [3.63, 3.8) is 0 Å². The number of nitrogens with two attached hydrogens (primary N) is 1. The van der Waals surface area contributed by atoms with Gasteiger partial charge in [-0.1, -0.05) is 36.9 Å². The summed E-state index contributed by atoms with van der Waals surface area (Å²) in [6.07, 6.45) is 5.51. The molecule has 8 nitrogen and oxygen atoms in total. The van der Waals surface area contributed by atoms with Crippen molar-refractivity contribution < 1.29 is 23.1 Å². The lowest BCUT2D eigenvalue weighted by Gasteiger charge is -2.29. The number of hydrogen-bond acceptors (Lipinski definition) is 7. The van der Waals surface area contributed by atoms with Crippen molar-refractivity contribution >= 4 is 40.9 Å². The van der Waals surface area contributed by atoms with Crippen LogP contribution < -0.4 is 5.73 Å². The average Bonchev–Trinajstić information content (AvgIpc) is 3.60. The highest BCUT2D eigenvalue weighted by Gasteiger charge is 2.40. The van der Waals surface area contributed by atoms with E-state index in [1.807, 2.05) is 0 Å². The predicted octanol–water partition coefficient (Wildman–Crippen LogP) is 5.55. The van der Waals surface area contributed by atoms with Gasteiger partial charge in [-0.05, 0) is 35.4 Å². The number of ether oxygens (including phenoxy) is 1. The zero-order chi connectivity index (χ0) is 27.4. The van der Waals surface area contributed by atoms with E-state index in [0.29, 0.717) is 27.2 Å². The van der Waals surface area contributed by atoms with Gasteiger partial charge in [0.1, 0.15) is 23.2 Å². The zero-order valence-electron chi connectivity index (χ0n) is 20.7. The molecule has 1 saturated carbocycles. The lowest BCUT2D eigenvalue weighted by molar-refractivity contribution is -0.129. The third kappa shape index (κ3) is 6.46. The van der Waals surface area contributed by atoms with Gasteiger partial charge in [-0.2, -0.15) is 0 Å². The number of aliphatic imine (C=N–C) groups is 1. The first-order chi connectivity index (χ1) is 18.2. The number of rotatable bonds is 6. The quantitative estimate of drug-likeness (QED) is 0.425. The molecule has 2 aliphatic rings. The molecule has 12 heteroatoms. The van der Waals surface area contributed by atoms with Crippen LogP contribution in [0.1, 0.15) is 42.5 Å². The number of hydrogen-bond donors (Lipinski definition) is 1. The maximum Gasteiger partial charge on any atom is 0.409 e. The molecule has 2 amide bonds. The normalized spacial score (nSPS) is 16.9. The highest BCUT2D eigenvalue weighted by atomic mass is 35.5. The Bertz CT molecular complexity index is 1330. The fourth-order valence-electron chi connectivity index (χ4n) is 3.63. The molecule has 200 valence electrons. The molecule has 0 saturated heterocycles. The Morgan fingerprint density at radius 2 is 1.89 bits per heavy atom. The summed E-state index contributed by atoms with van der Waals surface area (Å²) in [7, 11) is 3.04. The van der Waals surface area contributed by atoms with Gasteiger partial charge in [0.15, 0.2) is 12.0 Å². The van der Waals surface area contributed by atoms with Crippen molar-refractivity contribution in [2.24, 2.45) is 10.7 Å². The molecule has 2 heterocycles. The Morgan fingerprint density at radius 1 is 1.21 bits per heavy atom. The van der Waals surface area contributed by atoms with Crippen LogP contribution in [0.25, 0.3) is 10.6 Å². The van der Waals surface area contributed by atoms with Gasteiger partial charge in [-0.3, -0.25) is 9.69 Å². The third-order valence-electron chi connectivity index (χ3n) is 5.61. The molecule has 0 bridgehead atoms. The standard InChI is InChI=1S/C23H20ClF2N5O3S.C3H6/c1-30(2)23(33)34-11-18(12-3-4-17(24)16(9-12)20-28-5-6-35-20)31-21(32)19(29-22(31)27)13-7-14(25)10-15(26)8-13;1-2-3-1/h3-10,18-19H,11H2,1-2H3,(H2,27,29);1-3H2/t18-,19-;/m1./s1. The first kappa shape index (κ1) is 27.5. The van der Waals surface area contributed by atoms with E-state index < -0.39 is 35.7 Å². The van der Waals surface area contributed by atoms with Crippen LogP contribution in [0.3, 0.4) is 0 Å². The van der Waals surface area contributed by atoms with Gasteiger partial charge in [0.05, 0.1) is 11.1 Å². The highest BCUT2D eigenvalue weighted by Crippen LogP contribution is 2.37. The van der Waals surface area contributed by atoms with Gasteiger partial charge in [-0.15, -0.1) is 11.3 Å². The molecular formula is C26H26ClF2N5O3S. The van der Waals surface area contributed by atoms with Crippen molar-refractivity contribution in [2.45, 2.75) is 31.3 Å². The Labute approximate surface area is 227 Å². The van der Waals surface area contributed by atoms with E-state index in [1.165, 1.54) is 49.6 Å². The van der Waals surface area contributed by atoms with E-state index in [9.17, 15) is 18.4 Å². The van der Waals surface area contributed by atoms with Crippen LogP contribution in [0, 0.1) is 11.6 Å². The van der Waals surface area contributed by atoms with E-state index in [-0.39, 0.29) is 18.1 Å². The molecular weight excluding hydrogens is 536 g/mol. The summed E-state index contributed by atoms with van der Waals surface area (Å²) < 4.78 is 33.0. The molecule has 5 rings (SSSR count).